The summed E-state index contributed by atoms with van der Waals surface area (Å²) >= 11 is 17.7. The third kappa shape index (κ3) is 32.4. The third-order valence-corrected chi connectivity index (χ3v) is 22.7. The number of benzene rings is 11. The first kappa shape index (κ1) is 97.0. The van der Waals surface area contributed by atoms with Crippen molar-refractivity contribution in [1.29, 1.82) is 0 Å². The average Bonchev–Trinajstić information content (AvgIpc) is 0.781. The molecule has 11 nitrogen and oxygen atoms in total. The number of methoxy groups -OCH3 is 1. The number of hydrogen-bond donors (Lipinski definition) is 2. The second-order valence-corrected chi connectivity index (χ2v) is 33.5. The van der Waals surface area contributed by atoms with E-state index in [0.717, 1.165) is 188 Å². The van der Waals surface area contributed by atoms with Crippen molar-refractivity contribution >= 4 is 160 Å². The summed E-state index contributed by atoms with van der Waals surface area (Å²) in [6.45, 7) is 17.5. The van der Waals surface area contributed by atoms with Gasteiger partial charge in [-0.05, 0) is 196 Å². The first-order valence-corrected chi connectivity index (χ1v) is 46.4. The number of rotatable bonds is 44. The molecule has 0 saturated carbocycles. The normalized spacial score (nSPS) is 11.0. The van der Waals surface area contributed by atoms with Crippen LogP contribution < -0.4 is 33.2 Å². The maximum Gasteiger partial charge on any atom is 0.169 e. The zero-order valence-corrected chi connectivity index (χ0v) is 78.1. The van der Waals surface area contributed by atoms with Crippen LogP contribution in [0, 0.1) is 0 Å². The molecule has 0 aliphatic carbocycles. The number of phenolic OH excluding ortho intramolecular Hbond substituents is 2. The molecule has 0 spiro atoms. The van der Waals surface area contributed by atoms with Crippen LogP contribution in [0.5, 0.6) is 51.7 Å². The van der Waals surface area contributed by atoms with Gasteiger partial charge in [0.15, 0.2) is 17.8 Å². The van der Waals surface area contributed by atoms with Gasteiger partial charge in [-0.25, -0.2) is 0 Å². The predicted molar refractivity (Wildman–Crippen MR) is 514 cm³/mol. The first-order chi connectivity index (χ1) is 57.6. The Morgan fingerprint density at radius 2 is 0.585 bits per heavy atom. The highest BCUT2D eigenvalue weighted by molar-refractivity contribution is 9.11. The molecule has 11 aromatic rings. The molecule has 0 radical (unpaired) electrons. The second-order valence-electron chi connectivity index (χ2n) is 29.1. The summed E-state index contributed by atoms with van der Waals surface area (Å²) in [6.07, 6.45) is 39.0. The van der Waals surface area contributed by atoms with Crippen molar-refractivity contribution in [3.8, 4) is 51.7 Å². The molecule has 118 heavy (non-hydrogen) atoms. The highest BCUT2D eigenvalue weighted by atomic mass is 79.9. The summed E-state index contributed by atoms with van der Waals surface area (Å²) in [7, 11) is 1.65. The highest BCUT2D eigenvalue weighted by Gasteiger charge is 2.19. The van der Waals surface area contributed by atoms with E-state index < -0.39 is 0 Å². The number of aldehydes is 2. The van der Waals surface area contributed by atoms with Crippen molar-refractivity contribution in [3.05, 3.63) is 238 Å². The van der Waals surface area contributed by atoms with E-state index in [1.165, 1.54) is 103 Å². The Kier molecular flexibility index (Phi) is 46.4. The Hall–Kier alpha value is -8.12. The lowest BCUT2D eigenvalue weighted by Gasteiger charge is -2.17. The fourth-order valence-corrected chi connectivity index (χ4v) is 14.9. The molecule has 0 fully saturated rings. The van der Waals surface area contributed by atoms with E-state index in [1.54, 1.807) is 49.6 Å². The maximum atomic E-state index is 11.6. The number of unbranched alkanes of at least 4 members (excludes halogenated alkanes) is 18. The average molecular weight is 1920 g/mol. The molecule has 11 rings (SSSR count). The summed E-state index contributed by atoms with van der Waals surface area (Å²) in [5.74, 6) is 6.16. The number of fused-ring (bicyclic) bond motifs is 4. The van der Waals surface area contributed by atoms with E-state index >= 15 is 0 Å². The molecule has 11 aromatic carbocycles. The van der Waals surface area contributed by atoms with Gasteiger partial charge in [-0.3, -0.25) is 4.79 Å². The van der Waals surface area contributed by atoms with E-state index in [1.807, 2.05) is 42.5 Å². The predicted octanol–water partition coefficient (Wildman–Crippen LogP) is 31.9. The third-order valence-electron chi connectivity index (χ3n) is 19.8. The molecule has 16 heteroatoms. The fourth-order valence-electron chi connectivity index (χ4n) is 13.2. The van der Waals surface area contributed by atoms with Crippen molar-refractivity contribution in [1.82, 2.24) is 0 Å². The summed E-state index contributed by atoms with van der Waals surface area (Å²) in [6, 6.07) is 59.2. The number of aromatic hydroxyl groups is 2. The minimum absolute atomic E-state index is 0.198. The van der Waals surface area contributed by atoms with Gasteiger partial charge in [0.25, 0.3) is 0 Å². The Labute approximate surface area is 744 Å². The van der Waals surface area contributed by atoms with Gasteiger partial charge in [0, 0.05) is 74.1 Å². The van der Waals surface area contributed by atoms with Gasteiger partial charge in [0.05, 0.1) is 61.3 Å². The molecule has 630 valence electrons. The largest absolute Gasteiger partial charge is 0.507 e. The highest BCUT2D eigenvalue weighted by Crippen LogP contribution is 2.44. The summed E-state index contributed by atoms with van der Waals surface area (Å²) in [5.41, 5.74) is 6.08. The van der Waals surface area contributed by atoms with Gasteiger partial charge in [-0.15, -0.1) is 0 Å². The van der Waals surface area contributed by atoms with Gasteiger partial charge >= 0.3 is 0 Å². The van der Waals surface area contributed by atoms with Crippen molar-refractivity contribution < 1.29 is 53.0 Å². The number of carbonyl (C=O) groups excluding carboxylic acids is 2. The summed E-state index contributed by atoms with van der Waals surface area (Å²) in [5, 5.41) is 26.3. The monoisotopic (exact) mass is 1920 g/mol. The van der Waals surface area contributed by atoms with Gasteiger partial charge in [0.2, 0.25) is 0 Å². The zero-order chi connectivity index (χ0) is 84.5. The summed E-state index contributed by atoms with van der Waals surface area (Å²) < 4.78 is 48.2. The van der Waals surface area contributed by atoms with Gasteiger partial charge in [0.1, 0.15) is 46.5 Å². The van der Waals surface area contributed by atoms with E-state index in [0.29, 0.717) is 60.7 Å². The quantitative estimate of drug-likeness (QED) is 0.0214. The van der Waals surface area contributed by atoms with Crippen LogP contribution in [0.1, 0.15) is 234 Å². The van der Waals surface area contributed by atoms with E-state index in [4.69, 9.17) is 33.2 Å². The van der Waals surface area contributed by atoms with Crippen LogP contribution in [0.4, 0.5) is 0 Å². The standard InChI is InChI=1S/C38H42Br2O2.C24H34O4.C22H30Br2O2.C10H8O2.C8H7BrO/c1-3-5-7-9-27-41-37-31(17-11-29-13-21-33(39)22-14-29)19-26-36-35(37)25-20-32(38(36)42-28-10-8-6-4-2)18-12-30-15-23-34(40)24-16-30;1-4-6-8-10-16-27-23-19(18-25)12-13-21-20(23)14-15-22(26-3)24(21)28-17-11-9-7-5-2;1-3-5-7-9-15-25-21-17-11-14-20(24)22(18(17)12-13-19(21)23)26-16-10-8-6-4-2;11-9-5-1-3-7-8(9)4-2-6-10(7)12;9-8-3-1-7(2-4-8)5-6-10/h11-26H,3-10,27-28H2,1-2H3;12-15,18H,4-11,16-17H2,1-3H3;11-14H,3-10,15-16H2,1-2H3;1-6,11-12H;1-4,6H,5H2/b17-11+,18-12+;;;;. The lowest BCUT2D eigenvalue weighted by molar-refractivity contribution is -0.107. The van der Waals surface area contributed by atoms with Crippen LogP contribution in [-0.2, 0) is 11.2 Å². The maximum absolute atomic E-state index is 11.6. The SMILES string of the molecule is CCCCCCOc1c(/C=C/c2ccc(Br)cc2)ccc2c(OCCCCCC)c(/C=C/c3ccc(Br)cc3)ccc12.CCCCCCOc1c(Br)ccc2c(OCCCCCC)c(Br)ccc12.CCCCCCOc1c(C=O)ccc2c(OCCCCCC)c(OC)ccc12.O=CCc1ccc(Br)cc1.Oc1cccc2c(O)cccc12. The minimum atomic E-state index is 0.198. The number of halogens is 5. The Balaban J connectivity index is 0.000000221. The van der Waals surface area contributed by atoms with Gasteiger partial charge in [-0.2, -0.15) is 0 Å². The minimum Gasteiger partial charge on any atom is -0.507 e. The van der Waals surface area contributed by atoms with Crippen LogP contribution >= 0.6 is 79.6 Å². The number of carbonyl (C=O) groups is 2. The summed E-state index contributed by atoms with van der Waals surface area (Å²) in [4.78, 5) is 21.6. The number of phenols is 2. The molecule has 2 N–H and O–H groups in total. The molecular weight excluding hydrogens is 1800 g/mol. The molecule has 0 aliphatic rings. The molecular formula is C102H121Br5O11. The number of hydrogen-bond acceptors (Lipinski definition) is 11. The molecule has 0 bridgehead atoms. The van der Waals surface area contributed by atoms with E-state index in [9.17, 15) is 19.8 Å². The number of ether oxygens (including phenoxy) is 7. The van der Waals surface area contributed by atoms with E-state index in [2.05, 4.69) is 243 Å². The molecule has 0 saturated heterocycles. The molecule has 0 heterocycles. The smallest absolute Gasteiger partial charge is 0.169 e. The second kappa shape index (κ2) is 56.4. The van der Waals surface area contributed by atoms with Crippen LogP contribution in [0.25, 0.3) is 67.4 Å². The molecule has 0 aromatic heterocycles. The fraction of sp³-hybridized carbons (Fsp3) is 0.373. The molecule has 0 unspecified atom stereocenters. The Morgan fingerprint density at radius 1 is 0.288 bits per heavy atom. The zero-order valence-electron chi connectivity index (χ0n) is 70.2. The Morgan fingerprint density at radius 3 is 0.924 bits per heavy atom. The van der Waals surface area contributed by atoms with Crippen LogP contribution in [0.15, 0.2) is 204 Å². The van der Waals surface area contributed by atoms with Gasteiger partial charge in [-0.1, -0.05) is 302 Å². The van der Waals surface area contributed by atoms with E-state index in [-0.39, 0.29) is 11.5 Å². The van der Waals surface area contributed by atoms with Gasteiger partial charge < -0.3 is 48.2 Å². The van der Waals surface area contributed by atoms with Crippen LogP contribution in [0.3, 0.4) is 0 Å². The first-order valence-electron chi connectivity index (χ1n) is 42.5. The van der Waals surface area contributed by atoms with Crippen molar-refractivity contribution in [3.63, 3.8) is 0 Å². The van der Waals surface area contributed by atoms with Crippen LogP contribution in [0.2, 0.25) is 0 Å². The van der Waals surface area contributed by atoms with Crippen molar-refractivity contribution in [2.45, 2.75) is 202 Å². The topological polar surface area (TPSA) is 139 Å². The van der Waals surface area contributed by atoms with Crippen LogP contribution in [-0.4, -0.2) is 69.5 Å². The van der Waals surface area contributed by atoms with Crippen molar-refractivity contribution in [2.24, 2.45) is 0 Å². The molecule has 0 amide bonds. The van der Waals surface area contributed by atoms with Crippen molar-refractivity contribution in [2.75, 3.05) is 46.8 Å². The lowest BCUT2D eigenvalue weighted by atomic mass is 9.99. The molecule has 0 atom stereocenters. The molecule has 0 aliphatic heterocycles. The Bertz CT molecular complexity index is 4620. The lowest BCUT2D eigenvalue weighted by Crippen LogP contribution is -2.03.